The van der Waals surface area contributed by atoms with Gasteiger partial charge in [-0.05, 0) is 34.5 Å². The molecule has 3 heterocycles. The van der Waals surface area contributed by atoms with Crippen molar-refractivity contribution in [1.82, 2.24) is 9.88 Å². The second kappa shape index (κ2) is 9.35. The van der Waals surface area contributed by atoms with E-state index in [1.807, 2.05) is 51.1 Å². The Bertz CT molecular complexity index is 1240. The average molecular weight is 547 g/mol. The van der Waals surface area contributed by atoms with Gasteiger partial charge in [-0.15, -0.1) is 0 Å². The lowest BCUT2D eigenvalue weighted by atomic mass is 9.78. The van der Waals surface area contributed by atoms with E-state index in [2.05, 4.69) is 20.9 Å². The minimum absolute atomic E-state index is 0.100. The fourth-order valence-corrected chi connectivity index (χ4v) is 4.79. The molecule has 0 amide bonds. The number of fused-ring (bicyclic) bond motifs is 1. The molecular weight excluding hydrogens is 519 g/mol. The van der Waals surface area contributed by atoms with Crippen LogP contribution >= 0.6 is 15.9 Å². The average Bonchev–Trinajstić information content (AvgIpc) is 3.17. The van der Waals surface area contributed by atoms with Gasteiger partial charge in [-0.2, -0.15) is 4.39 Å². The molecular formula is C26H28BrFN2O5. The molecule has 7 nitrogen and oxygen atoms in total. The molecule has 1 aromatic heterocycles. The van der Waals surface area contributed by atoms with Crippen LogP contribution in [-0.2, 0) is 30.3 Å². The summed E-state index contributed by atoms with van der Waals surface area (Å²) in [5.41, 5.74) is -0.806. The van der Waals surface area contributed by atoms with Crippen molar-refractivity contribution in [2.24, 2.45) is 11.3 Å². The SMILES string of the molecule is CC[C@@]1(C2C=CN(Cc3cc4ccccc4nc3Br)C(F)=C2C(=O)OC)O[C@@H](C(C)(C)C)OC1=O. The first kappa shape index (κ1) is 25.3. The van der Waals surface area contributed by atoms with E-state index in [4.69, 9.17) is 14.2 Å². The summed E-state index contributed by atoms with van der Waals surface area (Å²) in [5, 5.41) is 0.905. The van der Waals surface area contributed by atoms with Gasteiger partial charge in [0.25, 0.3) is 0 Å². The monoisotopic (exact) mass is 546 g/mol. The van der Waals surface area contributed by atoms with Crippen molar-refractivity contribution in [1.29, 1.82) is 0 Å². The highest BCUT2D eigenvalue weighted by molar-refractivity contribution is 9.10. The molecule has 186 valence electrons. The number of carbonyl (C=O) groups excluding carboxylic acids is 2. The first-order valence-corrected chi connectivity index (χ1v) is 12.2. The van der Waals surface area contributed by atoms with Crippen molar-refractivity contribution in [3.05, 3.63) is 64.3 Å². The fourth-order valence-electron chi connectivity index (χ4n) is 4.36. The molecule has 2 aliphatic rings. The Kier molecular flexibility index (Phi) is 6.76. The quantitative estimate of drug-likeness (QED) is 0.282. The molecule has 1 unspecified atom stereocenters. The van der Waals surface area contributed by atoms with Crippen LogP contribution in [0.15, 0.2) is 58.7 Å². The minimum Gasteiger partial charge on any atom is -0.466 e. The van der Waals surface area contributed by atoms with Gasteiger partial charge in [0.15, 0.2) is 5.60 Å². The number of nitrogens with zero attached hydrogens (tertiary/aromatic N) is 2. The van der Waals surface area contributed by atoms with E-state index >= 15 is 4.39 Å². The lowest BCUT2D eigenvalue weighted by molar-refractivity contribution is -0.159. The Morgan fingerprint density at radius 3 is 2.66 bits per heavy atom. The van der Waals surface area contributed by atoms with Gasteiger partial charge >= 0.3 is 11.9 Å². The van der Waals surface area contributed by atoms with Crippen LogP contribution in [0.4, 0.5) is 4.39 Å². The van der Waals surface area contributed by atoms with Crippen molar-refractivity contribution in [2.45, 2.75) is 52.6 Å². The Labute approximate surface area is 212 Å². The highest BCUT2D eigenvalue weighted by Gasteiger charge is 2.59. The number of carbonyl (C=O) groups is 2. The summed E-state index contributed by atoms with van der Waals surface area (Å²) in [4.78, 5) is 31.7. The Balaban J connectivity index is 1.73. The van der Waals surface area contributed by atoms with E-state index in [1.54, 1.807) is 13.0 Å². The summed E-state index contributed by atoms with van der Waals surface area (Å²) < 4.78 is 33.1. The number of cyclic esters (lactones) is 1. The van der Waals surface area contributed by atoms with Gasteiger partial charge in [0, 0.05) is 22.6 Å². The molecule has 0 spiro atoms. The summed E-state index contributed by atoms with van der Waals surface area (Å²) in [6.45, 7) is 7.48. The number of rotatable bonds is 5. The van der Waals surface area contributed by atoms with Crippen LogP contribution < -0.4 is 0 Å². The summed E-state index contributed by atoms with van der Waals surface area (Å²) in [6, 6.07) is 9.52. The van der Waals surface area contributed by atoms with Crippen molar-refractivity contribution in [3.63, 3.8) is 0 Å². The molecule has 3 atom stereocenters. The molecule has 4 rings (SSSR count). The summed E-state index contributed by atoms with van der Waals surface area (Å²) in [7, 11) is 1.18. The topological polar surface area (TPSA) is 78.0 Å². The highest BCUT2D eigenvalue weighted by Crippen LogP contribution is 2.46. The van der Waals surface area contributed by atoms with Gasteiger partial charge in [-0.3, -0.25) is 0 Å². The maximum Gasteiger partial charge on any atom is 0.341 e. The summed E-state index contributed by atoms with van der Waals surface area (Å²) >= 11 is 3.47. The van der Waals surface area contributed by atoms with Crippen LogP contribution in [0.2, 0.25) is 0 Å². The number of halogens is 2. The van der Waals surface area contributed by atoms with Crippen molar-refractivity contribution in [3.8, 4) is 0 Å². The van der Waals surface area contributed by atoms with Crippen molar-refractivity contribution >= 4 is 38.8 Å². The van der Waals surface area contributed by atoms with Gasteiger partial charge in [-0.1, -0.05) is 52.0 Å². The number of esters is 2. The predicted molar refractivity (Wildman–Crippen MR) is 131 cm³/mol. The number of pyridine rings is 1. The number of hydrogen-bond donors (Lipinski definition) is 0. The highest BCUT2D eigenvalue weighted by atomic mass is 79.9. The molecule has 1 saturated heterocycles. The minimum atomic E-state index is -1.55. The molecule has 2 aliphatic heterocycles. The Hall–Kier alpha value is -2.78. The van der Waals surface area contributed by atoms with Crippen LogP contribution in [0.25, 0.3) is 10.9 Å². The van der Waals surface area contributed by atoms with E-state index < -0.39 is 41.1 Å². The second-order valence-corrected chi connectivity index (χ2v) is 10.5. The zero-order valence-corrected chi connectivity index (χ0v) is 21.9. The third kappa shape index (κ3) is 4.47. The van der Waals surface area contributed by atoms with Crippen LogP contribution in [-0.4, -0.2) is 40.8 Å². The Morgan fingerprint density at radius 2 is 2.03 bits per heavy atom. The predicted octanol–water partition coefficient (Wildman–Crippen LogP) is 5.39. The molecule has 0 saturated carbocycles. The lowest BCUT2D eigenvalue weighted by Crippen LogP contribution is -2.47. The van der Waals surface area contributed by atoms with Gasteiger partial charge < -0.3 is 19.1 Å². The van der Waals surface area contributed by atoms with Crippen LogP contribution in [0, 0.1) is 11.3 Å². The summed E-state index contributed by atoms with van der Waals surface area (Å²) in [6.07, 6.45) is 2.48. The van der Waals surface area contributed by atoms with Gasteiger partial charge in [-0.25, -0.2) is 14.6 Å². The normalized spacial score (nSPS) is 24.8. The number of methoxy groups -OCH3 is 1. The molecule has 0 N–H and O–H groups in total. The molecule has 2 aromatic rings. The molecule has 1 aromatic carbocycles. The molecule has 1 fully saturated rings. The summed E-state index contributed by atoms with van der Waals surface area (Å²) in [5.74, 6) is -3.33. The van der Waals surface area contributed by atoms with Gasteiger partial charge in [0.1, 0.15) is 10.2 Å². The van der Waals surface area contributed by atoms with E-state index in [0.29, 0.717) is 4.60 Å². The number of benzene rings is 1. The van der Waals surface area contributed by atoms with Crippen molar-refractivity contribution < 1.29 is 28.2 Å². The molecule has 35 heavy (non-hydrogen) atoms. The van der Waals surface area contributed by atoms with E-state index in [0.717, 1.165) is 16.5 Å². The third-order valence-corrected chi connectivity index (χ3v) is 7.04. The van der Waals surface area contributed by atoms with Crippen molar-refractivity contribution in [2.75, 3.05) is 7.11 Å². The van der Waals surface area contributed by atoms with Crippen LogP contribution in [0.1, 0.15) is 39.7 Å². The number of ether oxygens (including phenoxy) is 3. The largest absolute Gasteiger partial charge is 0.466 e. The van der Waals surface area contributed by atoms with E-state index in [1.165, 1.54) is 18.2 Å². The third-order valence-electron chi connectivity index (χ3n) is 6.35. The number of aromatic nitrogens is 1. The zero-order valence-electron chi connectivity index (χ0n) is 20.3. The van der Waals surface area contributed by atoms with E-state index in [-0.39, 0.29) is 18.5 Å². The fraction of sp³-hybridized carbons (Fsp3) is 0.423. The first-order valence-electron chi connectivity index (χ1n) is 11.4. The van der Waals surface area contributed by atoms with Gasteiger partial charge in [0.2, 0.25) is 12.2 Å². The molecule has 0 radical (unpaired) electrons. The van der Waals surface area contributed by atoms with Crippen LogP contribution in [0.5, 0.6) is 0 Å². The molecule has 0 aliphatic carbocycles. The number of para-hydroxylation sites is 1. The van der Waals surface area contributed by atoms with Gasteiger partial charge in [0.05, 0.1) is 25.1 Å². The zero-order chi connectivity index (χ0) is 25.5. The van der Waals surface area contributed by atoms with Crippen LogP contribution in [0.3, 0.4) is 0 Å². The molecule has 0 bridgehead atoms. The first-order chi connectivity index (χ1) is 16.5. The maximum atomic E-state index is 16.0. The smallest absolute Gasteiger partial charge is 0.341 e. The van der Waals surface area contributed by atoms with E-state index in [9.17, 15) is 9.59 Å². The second-order valence-electron chi connectivity index (χ2n) is 9.74. The Morgan fingerprint density at radius 1 is 1.31 bits per heavy atom. The molecule has 9 heteroatoms. The maximum absolute atomic E-state index is 16.0. The standard InChI is InChI=1S/C26H28BrFN2O5/c1-6-26(23(32)34-24(35-26)25(2,3)4)17-11-12-30(21(28)19(17)22(31)33-5)14-16-13-15-9-7-8-10-18(15)29-20(16)27/h7-13,17,24H,6,14H2,1-5H3/t17?,24-,26-/m0/s1. The lowest BCUT2D eigenvalue weighted by Gasteiger charge is -2.36. The number of hydrogen-bond acceptors (Lipinski definition) is 7.